The second-order valence-electron chi connectivity index (χ2n) is 3.85. The molecule has 1 aromatic carbocycles. The first-order chi connectivity index (χ1) is 7.33. The van der Waals surface area contributed by atoms with E-state index >= 15 is 0 Å². The molecule has 1 unspecified atom stereocenters. The van der Waals surface area contributed by atoms with Gasteiger partial charge in [-0.15, -0.1) is 0 Å². The fourth-order valence-electron chi connectivity index (χ4n) is 1.46. The van der Waals surface area contributed by atoms with Crippen LogP contribution in [0.4, 0.5) is 0 Å². The molecule has 0 aliphatic rings. The summed E-state index contributed by atoms with van der Waals surface area (Å²) in [7, 11) is 1.77. The lowest BCUT2D eigenvalue weighted by molar-refractivity contribution is 0.109. The molecule has 0 aromatic heterocycles. The van der Waals surface area contributed by atoms with Crippen LogP contribution in [0.2, 0.25) is 0 Å². The van der Waals surface area contributed by atoms with Crippen molar-refractivity contribution in [1.82, 2.24) is 5.32 Å². The van der Waals surface area contributed by atoms with Gasteiger partial charge in [-0.1, -0.05) is 30.3 Å². The summed E-state index contributed by atoms with van der Waals surface area (Å²) >= 11 is 0. The van der Waals surface area contributed by atoms with Crippen LogP contribution in [0.1, 0.15) is 25.3 Å². The van der Waals surface area contributed by atoms with Gasteiger partial charge in [-0.25, -0.2) is 0 Å². The topological polar surface area (TPSA) is 21.3 Å². The highest BCUT2D eigenvalue weighted by atomic mass is 16.5. The van der Waals surface area contributed by atoms with Gasteiger partial charge in [0.25, 0.3) is 0 Å². The van der Waals surface area contributed by atoms with Crippen LogP contribution < -0.4 is 5.32 Å². The molecular formula is C13H21NO. The predicted molar refractivity (Wildman–Crippen MR) is 63.9 cm³/mol. The molecule has 15 heavy (non-hydrogen) atoms. The van der Waals surface area contributed by atoms with E-state index in [9.17, 15) is 0 Å². The lowest BCUT2D eigenvalue weighted by atomic mass is 10.2. The summed E-state index contributed by atoms with van der Waals surface area (Å²) in [5.74, 6) is 0. The van der Waals surface area contributed by atoms with E-state index in [0.717, 1.165) is 19.5 Å². The molecule has 1 N–H and O–H groups in total. The fraction of sp³-hybridized carbons (Fsp3) is 0.538. The van der Waals surface area contributed by atoms with Gasteiger partial charge >= 0.3 is 0 Å². The number of methoxy groups -OCH3 is 1. The van der Waals surface area contributed by atoms with Crippen LogP contribution in [-0.4, -0.2) is 19.8 Å². The lowest BCUT2D eigenvalue weighted by Crippen LogP contribution is -2.16. The van der Waals surface area contributed by atoms with Gasteiger partial charge in [0.2, 0.25) is 0 Å². The average molecular weight is 207 g/mol. The molecule has 1 atom stereocenters. The van der Waals surface area contributed by atoms with Gasteiger partial charge in [-0.2, -0.15) is 0 Å². The number of hydrogen-bond donors (Lipinski definition) is 1. The summed E-state index contributed by atoms with van der Waals surface area (Å²) in [5.41, 5.74) is 1.34. The average Bonchev–Trinajstić information content (AvgIpc) is 2.29. The zero-order valence-corrected chi connectivity index (χ0v) is 9.70. The molecule has 0 saturated carbocycles. The Hall–Kier alpha value is -0.860. The van der Waals surface area contributed by atoms with E-state index in [4.69, 9.17) is 4.74 Å². The first-order valence-corrected chi connectivity index (χ1v) is 5.60. The van der Waals surface area contributed by atoms with Crippen LogP contribution >= 0.6 is 0 Å². The van der Waals surface area contributed by atoms with Gasteiger partial charge in [-0.3, -0.25) is 0 Å². The molecule has 0 heterocycles. The predicted octanol–water partition coefficient (Wildman–Crippen LogP) is 2.59. The van der Waals surface area contributed by atoms with Crippen molar-refractivity contribution in [2.24, 2.45) is 0 Å². The molecule has 1 aromatic rings. The number of benzene rings is 1. The van der Waals surface area contributed by atoms with Crippen LogP contribution in [0.25, 0.3) is 0 Å². The Bertz CT molecular complexity index is 248. The van der Waals surface area contributed by atoms with Gasteiger partial charge in [0.1, 0.15) is 0 Å². The number of rotatable bonds is 7. The van der Waals surface area contributed by atoms with Crippen LogP contribution in [0, 0.1) is 0 Å². The summed E-state index contributed by atoms with van der Waals surface area (Å²) in [6, 6.07) is 10.5. The fourth-order valence-corrected chi connectivity index (χ4v) is 1.46. The first-order valence-electron chi connectivity index (χ1n) is 5.60. The molecule has 2 nitrogen and oxygen atoms in total. The smallest absolute Gasteiger partial charge is 0.0543 e. The molecule has 0 aliphatic carbocycles. The van der Waals surface area contributed by atoms with Crippen molar-refractivity contribution in [2.75, 3.05) is 13.7 Å². The second kappa shape index (κ2) is 7.43. The minimum absolute atomic E-state index is 0.378. The van der Waals surface area contributed by atoms with Gasteiger partial charge in [-0.05, 0) is 31.9 Å². The minimum atomic E-state index is 0.378. The third kappa shape index (κ3) is 5.55. The lowest BCUT2D eigenvalue weighted by Gasteiger charge is -2.09. The van der Waals surface area contributed by atoms with Crippen molar-refractivity contribution in [3.63, 3.8) is 0 Å². The van der Waals surface area contributed by atoms with Gasteiger partial charge in [0, 0.05) is 13.7 Å². The van der Waals surface area contributed by atoms with Crippen LogP contribution in [-0.2, 0) is 11.3 Å². The molecule has 0 radical (unpaired) electrons. The molecular weight excluding hydrogens is 186 g/mol. The summed E-state index contributed by atoms with van der Waals surface area (Å²) in [6.45, 7) is 4.13. The van der Waals surface area contributed by atoms with Crippen LogP contribution in [0.3, 0.4) is 0 Å². The standard InChI is InChI=1S/C13H21NO/c1-12(15-2)7-6-10-14-11-13-8-4-3-5-9-13/h3-5,8-9,12,14H,6-7,10-11H2,1-2H3. The summed E-state index contributed by atoms with van der Waals surface area (Å²) in [4.78, 5) is 0. The van der Waals surface area contributed by atoms with Crippen molar-refractivity contribution in [1.29, 1.82) is 0 Å². The third-order valence-electron chi connectivity index (χ3n) is 2.54. The summed E-state index contributed by atoms with van der Waals surface area (Å²) in [5, 5.41) is 3.43. The minimum Gasteiger partial charge on any atom is -0.382 e. The number of hydrogen-bond acceptors (Lipinski definition) is 2. The molecule has 84 valence electrons. The highest BCUT2D eigenvalue weighted by Gasteiger charge is 1.97. The third-order valence-corrected chi connectivity index (χ3v) is 2.54. The zero-order chi connectivity index (χ0) is 10.9. The summed E-state index contributed by atoms with van der Waals surface area (Å²) < 4.78 is 5.19. The Morgan fingerprint density at radius 2 is 2.00 bits per heavy atom. The van der Waals surface area contributed by atoms with E-state index in [2.05, 4.69) is 36.5 Å². The Morgan fingerprint density at radius 1 is 1.27 bits per heavy atom. The van der Waals surface area contributed by atoms with E-state index in [1.165, 1.54) is 12.0 Å². The van der Waals surface area contributed by atoms with Crippen LogP contribution in [0.5, 0.6) is 0 Å². The summed E-state index contributed by atoms with van der Waals surface area (Å²) in [6.07, 6.45) is 2.67. The Kier molecular flexibility index (Phi) is 6.05. The molecule has 0 spiro atoms. The van der Waals surface area contributed by atoms with Crippen LogP contribution in [0.15, 0.2) is 30.3 Å². The number of ether oxygens (including phenoxy) is 1. The van der Waals surface area contributed by atoms with E-state index in [-0.39, 0.29) is 0 Å². The van der Waals surface area contributed by atoms with Crippen molar-refractivity contribution >= 4 is 0 Å². The van der Waals surface area contributed by atoms with Gasteiger partial charge in [0.05, 0.1) is 6.10 Å². The van der Waals surface area contributed by atoms with Crippen molar-refractivity contribution in [2.45, 2.75) is 32.4 Å². The van der Waals surface area contributed by atoms with Crippen molar-refractivity contribution in [3.05, 3.63) is 35.9 Å². The Morgan fingerprint density at radius 3 is 2.67 bits per heavy atom. The van der Waals surface area contributed by atoms with Gasteiger partial charge in [0.15, 0.2) is 0 Å². The molecule has 1 rings (SSSR count). The molecule has 0 amide bonds. The zero-order valence-electron chi connectivity index (χ0n) is 9.70. The second-order valence-corrected chi connectivity index (χ2v) is 3.85. The highest BCUT2D eigenvalue weighted by molar-refractivity contribution is 5.14. The Balaban J connectivity index is 2.03. The first kappa shape index (κ1) is 12.2. The van der Waals surface area contributed by atoms with E-state index in [1.807, 2.05) is 6.07 Å². The molecule has 0 fully saturated rings. The van der Waals surface area contributed by atoms with E-state index in [1.54, 1.807) is 7.11 Å². The molecule has 2 heteroatoms. The maximum atomic E-state index is 5.19. The normalized spacial score (nSPS) is 12.7. The van der Waals surface area contributed by atoms with Crippen molar-refractivity contribution < 1.29 is 4.74 Å². The van der Waals surface area contributed by atoms with Gasteiger partial charge < -0.3 is 10.1 Å². The highest BCUT2D eigenvalue weighted by Crippen LogP contribution is 2.00. The van der Waals surface area contributed by atoms with Crippen molar-refractivity contribution in [3.8, 4) is 0 Å². The van der Waals surface area contributed by atoms with E-state index < -0.39 is 0 Å². The maximum Gasteiger partial charge on any atom is 0.0543 e. The maximum absolute atomic E-state index is 5.19. The monoisotopic (exact) mass is 207 g/mol. The number of nitrogens with one attached hydrogen (secondary N) is 1. The molecule has 0 bridgehead atoms. The molecule has 0 aliphatic heterocycles. The van der Waals surface area contributed by atoms with E-state index in [0.29, 0.717) is 6.10 Å². The molecule has 0 saturated heterocycles. The largest absolute Gasteiger partial charge is 0.382 e. The SMILES string of the molecule is COC(C)CCCNCc1ccccc1. The quantitative estimate of drug-likeness (QED) is 0.694. The Labute approximate surface area is 92.6 Å².